The first kappa shape index (κ1) is 20.9. The molecule has 2 aromatic carbocycles. The summed E-state index contributed by atoms with van der Waals surface area (Å²) in [5, 5.41) is 10.5. The molecule has 0 aromatic heterocycles. The third-order valence-electron chi connectivity index (χ3n) is 3.43. The van der Waals surface area contributed by atoms with Gasteiger partial charge in [-0.3, -0.25) is 10.1 Å². The van der Waals surface area contributed by atoms with Crippen LogP contribution in [0.5, 0.6) is 5.75 Å². The van der Waals surface area contributed by atoms with Gasteiger partial charge in [0.05, 0.1) is 31.4 Å². The van der Waals surface area contributed by atoms with Crippen molar-refractivity contribution < 1.29 is 28.7 Å². The predicted molar refractivity (Wildman–Crippen MR) is 99.9 cm³/mol. The van der Waals surface area contributed by atoms with Crippen molar-refractivity contribution in [3.63, 3.8) is 0 Å². The molecule has 0 aliphatic heterocycles. The molecule has 0 amide bonds. The highest BCUT2D eigenvalue weighted by atomic mass is 16.7. The number of benzene rings is 2. The molecule has 146 valence electrons. The summed E-state index contributed by atoms with van der Waals surface area (Å²) in [6.45, 7) is 1.35. The highest BCUT2D eigenvalue weighted by Crippen LogP contribution is 2.17. The number of terminal acetylenes is 1. The van der Waals surface area contributed by atoms with E-state index >= 15 is 0 Å². The van der Waals surface area contributed by atoms with Crippen LogP contribution in [0.1, 0.15) is 11.1 Å². The zero-order chi connectivity index (χ0) is 20.2. The smallest absolute Gasteiger partial charge is 0.432 e. The summed E-state index contributed by atoms with van der Waals surface area (Å²) in [6, 6.07) is 12.6. The van der Waals surface area contributed by atoms with Crippen LogP contribution in [0.4, 0.5) is 10.5 Å². The monoisotopic (exact) mass is 385 g/mol. The number of hydrogen-bond donors (Lipinski definition) is 0. The summed E-state index contributed by atoms with van der Waals surface area (Å²) in [4.78, 5) is 21.5. The van der Waals surface area contributed by atoms with Crippen LogP contribution in [0.2, 0.25) is 0 Å². The fourth-order valence-corrected chi connectivity index (χ4v) is 2.11. The molecule has 0 aliphatic rings. The Hall–Kier alpha value is -3.41. The van der Waals surface area contributed by atoms with E-state index in [2.05, 4.69) is 5.92 Å². The molecule has 0 saturated heterocycles. The van der Waals surface area contributed by atoms with Crippen LogP contribution in [-0.4, -0.2) is 37.5 Å². The van der Waals surface area contributed by atoms with Crippen molar-refractivity contribution in [2.75, 3.05) is 26.4 Å². The van der Waals surface area contributed by atoms with Gasteiger partial charge in [0, 0.05) is 17.7 Å². The number of nitrogens with zero attached hydrogens (tertiary/aromatic N) is 1. The molecule has 0 fully saturated rings. The number of ether oxygens (including phenoxy) is 4. The van der Waals surface area contributed by atoms with E-state index in [9.17, 15) is 14.9 Å². The molecule has 0 atom stereocenters. The number of nitro benzene ring substituents is 1. The average molecular weight is 385 g/mol. The van der Waals surface area contributed by atoms with Gasteiger partial charge in [0.1, 0.15) is 12.4 Å². The maximum absolute atomic E-state index is 11.5. The summed E-state index contributed by atoms with van der Waals surface area (Å²) in [7, 11) is 0. The second-order valence-electron chi connectivity index (χ2n) is 5.46. The summed E-state index contributed by atoms with van der Waals surface area (Å²) >= 11 is 0. The van der Waals surface area contributed by atoms with Crippen LogP contribution in [0.15, 0.2) is 48.5 Å². The molecule has 2 rings (SSSR count). The second-order valence-corrected chi connectivity index (χ2v) is 5.46. The van der Waals surface area contributed by atoms with Crippen LogP contribution < -0.4 is 4.74 Å². The molecule has 0 radical (unpaired) electrons. The van der Waals surface area contributed by atoms with Gasteiger partial charge in [-0.05, 0) is 29.8 Å². The summed E-state index contributed by atoms with van der Waals surface area (Å²) < 4.78 is 20.5. The van der Waals surface area contributed by atoms with Gasteiger partial charge in [-0.1, -0.05) is 18.1 Å². The van der Waals surface area contributed by atoms with Crippen molar-refractivity contribution in [3.8, 4) is 18.1 Å². The van der Waals surface area contributed by atoms with Gasteiger partial charge >= 0.3 is 6.16 Å². The third kappa shape index (κ3) is 7.45. The minimum absolute atomic E-state index is 0.00995. The van der Waals surface area contributed by atoms with E-state index in [0.29, 0.717) is 19.8 Å². The van der Waals surface area contributed by atoms with Crippen LogP contribution in [-0.2, 0) is 20.8 Å². The van der Waals surface area contributed by atoms with Gasteiger partial charge in [0.2, 0.25) is 0 Å². The van der Waals surface area contributed by atoms with Gasteiger partial charge in [0.15, 0.2) is 0 Å². The van der Waals surface area contributed by atoms with E-state index in [1.807, 2.05) is 24.3 Å². The molecule has 0 N–H and O–H groups in total. The van der Waals surface area contributed by atoms with Gasteiger partial charge in [-0.25, -0.2) is 4.79 Å². The highest BCUT2D eigenvalue weighted by molar-refractivity contribution is 5.63. The van der Waals surface area contributed by atoms with E-state index in [1.165, 1.54) is 24.3 Å². The summed E-state index contributed by atoms with van der Waals surface area (Å²) in [5.74, 6) is 2.72. The lowest BCUT2D eigenvalue weighted by molar-refractivity contribution is -0.384. The Morgan fingerprint density at radius 2 is 1.75 bits per heavy atom. The number of hydrogen-bond acceptors (Lipinski definition) is 7. The largest absolute Gasteiger partial charge is 0.513 e. The SMILES string of the molecule is C#Cc1cccc(COCCOCCOC(=O)Oc2ccc([N+](=O)[O-])cc2)c1. The van der Waals surface area contributed by atoms with Gasteiger partial charge in [-0.15, -0.1) is 6.42 Å². The second kappa shape index (κ2) is 11.3. The Morgan fingerprint density at radius 3 is 2.46 bits per heavy atom. The third-order valence-corrected chi connectivity index (χ3v) is 3.43. The van der Waals surface area contributed by atoms with E-state index in [4.69, 9.17) is 25.4 Å². The molecule has 0 bridgehead atoms. The molecular weight excluding hydrogens is 366 g/mol. The van der Waals surface area contributed by atoms with Crippen molar-refractivity contribution in [2.24, 2.45) is 0 Å². The van der Waals surface area contributed by atoms with E-state index in [0.717, 1.165) is 11.1 Å². The fraction of sp³-hybridized carbons (Fsp3) is 0.250. The maximum Gasteiger partial charge on any atom is 0.513 e. The number of carbonyl (C=O) groups excluding carboxylic acids is 1. The topological polar surface area (TPSA) is 97.1 Å². The van der Waals surface area contributed by atoms with Crippen molar-refractivity contribution in [3.05, 3.63) is 69.8 Å². The zero-order valence-corrected chi connectivity index (χ0v) is 15.0. The predicted octanol–water partition coefficient (Wildman–Crippen LogP) is 3.32. The minimum Gasteiger partial charge on any atom is -0.432 e. The molecule has 0 unspecified atom stereocenters. The van der Waals surface area contributed by atoms with Gasteiger partial charge in [-0.2, -0.15) is 0 Å². The average Bonchev–Trinajstić information content (AvgIpc) is 2.70. The van der Waals surface area contributed by atoms with E-state index in [1.54, 1.807) is 0 Å². The Bertz CT molecular complexity index is 827. The van der Waals surface area contributed by atoms with Crippen molar-refractivity contribution in [1.82, 2.24) is 0 Å². The first-order chi connectivity index (χ1) is 13.6. The van der Waals surface area contributed by atoms with Crippen molar-refractivity contribution in [1.29, 1.82) is 0 Å². The Kier molecular flexibility index (Phi) is 8.46. The fourth-order valence-electron chi connectivity index (χ4n) is 2.11. The van der Waals surface area contributed by atoms with Gasteiger partial charge < -0.3 is 18.9 Å². The molecule has 0 aliphatic carbocycles. The maximum atomic E-state index is 11.5. The highest BCUT2D eigenvalue weighted by Gasteiger charge is 2.09. The Morgan fingerprint density at radius 1 is 1.04 bits per heavy atom. The normalized spacial score (nSPS) is 10.1. The number of nitro groups is 1. The molecule has 2 aromatic rings. The lowest BCUT2D eigenvalue weighted by Gasteiger charge is -2.07. The molecule has 8 heteroatoms. The van der Waals surface area contributed by atoms with Gasteiger partial charge in [0.25, 0.3) is 5.69 Å². The first-order valence-corrected chi connectivity index (χ1v) is 8.38. The number of rotatable bonds is 10. The van der Waals surface area contributed by atoms with Crippen LogP contribution in [0, 0.1) is 22.5 Å². The summed E-state index contributed by atoms with van der Waals surface area (Å²) in [6.07, 6.45) is 4.43. The zero-order valence-electron chi connectivity index (χ0n) is 15.0. The standard InChI is InChI=1S/C20H19NO7/c1-2-16-4-3-5-17(14-16)15-26-11-10-25-12-13-27-20(22)28-19-8-6-18(7-9-19)21(23)24/h1,3-9,14H,10-13,15H2. The lowest BCUT2D eigenvalue weighted by atomic mass is 10.1. The first-order valence-electron chi connectivity index (χ1n) is 8.38. The Balaban J connectivity index is 1.52. The van der Waals surface area contributed by atoms with Crippen molar-refractivity contribution in [2.45, 2.75) is 6.61 Å². The molecular formula is C20H19NO7. The number of non-ortho nitro benzene ring substituents is 1. The molecule has 8 nitrogen and oxygen atoms in total. The Labute approximate surface area is 162 Å². The van der Waals surface area contributed by atoms with Crippen LogP contribution in [0.25, 0.3) is 0 Å². The number of carbonyl (C=O) groups is 1. The minimum atomic E-state index is -0.915. The lowest BCUT2D eigenvalue weighted by Crippen LogP contribution is -2.15. The quantitative estimate of drug-likeness (QED) is 0.155. The molecule has 28 heavy (non-hydrogen) atoms. The van der Waals surface area contributed by atoms with Crippen LogP contribution >= 0.6 is 0 Å². The molecule has 0 saturated carbocycles. The van der Waals surface area contributed by atoms with Crippen LogP contribution in [0.3, 0.4) is 0 Å². The molecule has 0 spiro atoms. The molecule has 0 heterocycles. The van der Waals surface area contributed by atoms with E-state index in [-0.39, 0.29) is 24.7 Å². The van der Waals surface area contributed by atoms with Crippen molar-refractivity contribution >= 4 is 11.8 Å². The summed E-state index contributed by atoms with van der Waals surface area (Å²) in [5.41, 5.74) is 1.68. The van der Waals surface area contributed by atoms with E-state index < -0.39 is 11.1 Å².